The summed E-state index contributed by atoms with van der Waals surface area (Å²) in [5.41, 5.74) is 2.69. The summed E-state index contributed by atoms with van der Waals surface area (Å²) in [5, 5.41) is 0.568. The lowest BCUT2D eigenvalue weighted by atomic mass is 10.0. The van der Waals surface area contributed by atoms with E-state index in [-0.39, 0.29) is 0 Å². The van der Waals surface area contributed by atoms with E-state index >= 15 is 0 Å². The van der Waals surface area contributed by atoms with Crippen molar-refractivity contribution in [1.29, 1.82) is 0 Å². The van der Waals surface area contributed by atoms with Crippen LogP contribution in [0, 0.1) is 6.92 Å². The highest BCUT2D eigenvalue weighted by Crippen LogP contribution is 2.43. The highest BCUT2D eigenvalue weighted by molar-refractivity contribution is 6.51. The van der Waals surface area contributed by atoms with E-state index in [9.17, 15) is 0 Å². The fourth-order valence-corrected chi connectivity index (χ4v) is 2.59. The highest BCUT2D eigenvalue weighted by atomic mass is 35.5. The van der Waals surface area contributed by atoms with Gasteiger partial charge in [-0.3, -0.25) is 0 Å². The molecule has 0 aliphatic rings. The Morgan fingerprint density at radius 2 is 1.47 bits per heavy atom. The van der Waals surface area contributed by atoms with Crippen LogP contribution in [-0.2, 0) is 4.33 Å². The Balaban J connectivity index is 2.49. The quantitative estimate of drug-likeness (QED) is 0.654. The van der Waals surface area contributed by atoms with E-state index < -0.39 is 4.33 Å². The molecule has 0 heterocycles. The summed E-state index contributed by atoms with van der Waals surface area (Å²) < 4.78 is -1.12. The van der Waals surface area contributed by atoms with Gasteiger partial charge in [0.2, 0.25) is 0 Å². The van der Waals surface area contributed by atoms with E-state index in [4.69, 9.17) is 34.8 Å². The van der Waals surface area contributed by atoms with Crippen molar-refractivity contribution in [3.8, 4) is 0 Å². The van der Waals surface area contributed by atoms with Crippen molar-refractivity contribution in [3.63, 3.8) is 0 Å². The van der Waals surface area contributed by atoms with Crippen LogP contribution in [0.3, 0.4) is 0 Å². The first kappa shape index (κ1) is 12.8. The Morgan fingerprint density at radius 1 is 0.882 bits per heavy atom. The van der Waals surface area contributed by atoms with Gasteiger partial charge in [0, 0.05) is 10.6 Å². The van der Waals surface area contributed by atoms with E-state index in [1.54, 1.807) is 6.07 Å². The van der Waals surface area contributed by atoms with E-state index in [0.717, 1.165) is 11.1 Å². The number of aryl methyl sites for hydroxylation is 1. The molecule has 2 rings (SSSR count). The molecule has 0 amide bonds. The predicted molar refractivity (Wildman–Crippen MR) is 75.1 cm³/mol. The fraction of sp³-hybridized carbons (Fsp3) is 0.143. The molecule has 0 unspecified atom stereocenters. The van der Waals surface area contributed by atoms with Crippen LogP contribution in [0.4, 0.5) is 0 Å². The average molecular weight is 286 g/mol. The zero-order valence-corrected chi connectivity index (χ0v) is 11.5. The minimum atomic E-state index is -1.12. The van der Waals surface area contributed by atoms with E-state index in [1.165, 1.54) is 0 Å². The standard InChI is InChI=1S/C14H11Cl3/c1-10-6-8-11(9-7-10)14(16,17)12-4-2-3-5-13(12)15/h2-9H,1H3. The van der Waals surface area contributed by atoms with Crippen LogP contribution in [0.25, 0.3) is 0 Å². The molecule has 88 valence electrons. The molecular weight excluding hydrogens is 275 g/mol. The summed E-state index contributed by atoms with van der Waals surface area (Å²) in [6.07, 6.45) is 0. The minimum absolute atomic E-state index is 0.568. The van der Waals surface area contributed by atoms with Crippen LogP contribution in [-0.4, -0.2) is 0 Å². The molecule has 2 aromatic carbocycles. The first-order chi connectivity index (χ1) is 8.01. The topological polar surface area (TPSA) is 0 Å². The first-order valence-electron chi connectivity index (χ1n) is 5.22. The maximum atomic E-state index is 6.43. The van der Waals surface area contributed by atoms with Gasteiger partial charge in [0.25, 0.3) is 0 Å². The van der Waals surface area contributed by atoms with Gasteiger partial charge in [-0.05, 0) is 18.6 Å². The smallest absolute Gasteiger partial charge is 0.0909 e. The van der Waals surface area contributed by atoms with E-state index in [1.807, 2.05) is 49.4 Å². The molecule has 0 nitrogen and oxygen atoms in total. The summed E-state index contributed by atoms with van der Waals surface area (Å²) in [7, 11) is 0. The average Bonchev–Trinajstić information content (AvgIpc) is 2.30. The van der Waals surface area contributed by atoms with Crippen molar-refractivity contribution in [3.05, 3.63) is 70.2 Å². The number of benzene rings is 2. The zero-order valence-electron chi connectivity index (χ0n) is 9.25. The van der Waals surface area contributed by atoms with Gasteiger partial charge in [0.05, 0.1) is 0 Å². The highest BCUT2D eigenvalue weighted by Gasteiger charge is 2.30. The lowest BCUT2D eigenvalue weighted by Gasteiger charge is -2.22. The number of alkyl halides is 2. The van der Waals surface area contributed by atoms with Gasteiger partial charge in [0.15, 0.2) is 4.33 Å². The molecule has 0 aromatic heterocycles. The summed E-state index contributed by atoms with van der Waals surface area (Å²) in [4.78, 5) is 0. The second-order valence-corrected chi connectivity index (χ2v) is 5.65. The Labute approximate surface area is 116 Å². The van der Waals surface area contributed by atoms with Crippen LogP contribution >= 0.6 is 34.8 Å². The van der Waals surface area contributed by atoms with E-state index in [2.05, 4.69) is 0 Å². The van der Waals surface area contributed by atoms with Crippen molar-refractivity contribution in [2.24, 2.45) is 0 Å². The van der Waals surface area contributed by atoms with Crippen LogP contribution < -0.4 is 0 Å². The van der Waals surface area contributed by atoms with Gasteiger partial charge in [-0.15, -0.1) is 0 Å². The van der Waals surface area contributed by atoms with Crippen LogP contribution in [0.15, 0.2) is 48.5 Å². The molecule has 0 fully saturated rings. The van der Waals surface area contributed by atoms with Crippen molar-refractivity contribution in [2.75, 3.05) is 0 Å². The molecule has 0 radical (unpaired) electrons. The molecule has 0 aliphatic carbocycles. The Hall–Kier alpha value is -0.690. The maximum Gasteiger partial charge on any atom is 0.169 e. The lowest BCUT2D eigenvalue weighted by Crippen LogP contribution is -2.12. The molecule has 0 atom stereocenters. The third kappa shape index (κ3) is 2.60. The molecule has 0 spiro atoms. The second kappa shape index (κ2) is 4.89. The third-order valence-electron chi connectivity index (χ3n) is 2.63. The molecule has 17 heavy (non-hydrogen) atoms. The fourth-order valence-electron chi connectivity index (χ4n) is 1.63. The molecule has 0 saturated carbocycles. The molecule has 0 saturated heterocycles. The molecular formula is C14H11Cl3. The predicted octanol–water partition coefficient (Wildman–Crippen LogP) is 5.33. The maximum absolute atomic E-state index is 6.43. The Kier molecular flexibility index (Phi) is 3.67. The summed E-state index contributed by atoms with van der Waals surface area (Å²) in [5.74, 6) is 0. The van der Waals surface area contributed by atoms with Gasteiger partial charge in [-0.2, -0.15) is 0 Å². The van der Waals surface area contributed by atoms with E-state index in [0.29, 0.717) is 10.6 Å². The minimum Gasteiger partial charge on any atom is -0.0909 e. The van der Waals surface area contributed by atoms with Gasteiger partial charge in [0.1, 0.15) is 0 Å². The summed E-state index contributed by atoms with van der Waals surface area (Å²) >= 11 is 19.0. The zero-order chi connectivity index (χ0) is 12.5. The molecule has 0 aliphatic heterocycles. The van der Waals surface area contributed by atoms with Crippen molar-refractivity contribution < 1.29 is 0 Å². The SMILES string of the molecule is Cc1ccc(C(Cl)(Cl)c2ccccc2Cl)cc1. The van der Waals surface area contributed by atoms with Crippen LogP contribution in [0.5, 0.6) is 0 Å². The monoisotopic (exact) mass is 284 g/mol. The lowest BCUT2D eigenvalue weighted by molar-refractivity contribution is 1.04. The number of hydrogen-bond acceptors (Lipinski definition) is 0. The van der Waals surface area contributed by atoms with Gasteiger partial charge >= 0.3 is 0 Å². The third-order valence-corrected chi connectivity index (χ3v) is 3.80. The van der Waals surface area contributed by atoms with Gasteiger partial charge < -0.3 is 0 Å². The Bertz CT molecular complexity index is 515. The summed E-state index contributed by atoms with van der Waals surface area (Å²) in [6, 6.07) is 15.1. The van der Waals surface area contributed by atoms with Crippen molar-refractivity contribution in [2.45, 2.75) is 11.3 Å². The van der Waals surface area contributed by atoms with Gasteiger partial charge in [-0.25, -0.2) is 0 Å². The van der Waals surface area contributed by atoms with Crippen molar-refractivity contribution in [1.82, 2.24) is 0 Å². The largest absolute Gasteiger partial charge is 0.169 e. The molecule has 3 heteroatoms. The number of rotatable bonds is 2. The number of hydrogen-bond donors (Lipinski definition) is 0. The van der Waals surface area contributed by atoms with Crippen molar-refractivity contribution >= 4 is 34.8 Å². The molecule has 2 aromatic rings. The molecule has 0 N–H and O–H groups in total. The summed E-state index contributed by atoms with van der Waals surface area (Å²) in [6.45, 7) is 2.02. The van der Waals surface area contributed by atoms with Crippen LogP contribution in [0.2, 0.25) is 5.02 Å². The second-order valence-electron chi connectivity index (χ2n) is 3.92. The number of halogens is 3. The Morgan fingerprint density at radius 3 is 2.06 bits per heavy atom. The van der Waals surface area contributed by atoms with Crippen LogP contribution in [0.1, 0.15) is 16.7 Å². The normalized spacial score (nSPS) is 11.5. The van der Waals surface area contributed by atoms with Gasteiger partial charge in [-0.1, -0.05) is 82.8 Å². The first-order valence-corrected chi connectivity index (χ1v) is 6.35. The molecule has 0 bridgehead atoms.